The zero-order chi connectivity index (χ0) is 40.6. The van der Waals surface area contributed by atoms with Gasteiger partial charge in [0.1, 0.15) is 59.9 Å². The maximum atomic E-state index is 14.7. The van der Waals surface area contributed by atoms with Crippen molar-refractivity contribution >= 4 is 51.6 Å². The van der Waals surface area contributed by atoms with Crippen molar-refractivity contribution in [1.29, 1.82) is 0 Å². The SMILES string of the molecule is C=CC1C[C@@]1(C=O)NC(=O)C1C[C@@H](Oc2cc(-c3csc(NC(C)C)n3)nc3cc(OCCOC)ccc23)CN1C(=O)C(NC(=O)O[C@@H]1C[C@@H]2C[C@@H]2C1)C(C)(C)C. The lowest BCUT2D eigenvalue weighted by molar-refractivity contribution is -0.142. The number of carbonyl (C=O) groups excluding carboxylic acids is 4. The molecule has 3 aliphatic carbocycles. The van der Waals surface area contributed by atoms with Gasteiger partial charge in [0.05, 0.1) is 24.4 Å². The van der Waals surface area contributed by atoms with Gasteiger partial charge in [-0.15, -0.1) is 17.9 Å². The number of hydrogen-bond donors (Lipinski definition) is 3. The molecule has 0 radical (unpaired) electrons. The third-order valence-electron chi connectivity index (χ3n) is 11.4. The second-order valence-corrected chi connectivity index (χ2v) is 18.1. The summed E-state index contributed by atoms with van der Waals surface area (Å²) in [6.45, 7) is 14.3. The van der Waals surface area contributed by atoms with Crippen LogP contribution in [0.15, 0.2) is 42.3 Å². The number of thiazole rings is 1. The van der Waals surface area contributed by atoms with Crippen LogP contribution in [0.2, 0.25) is 0 Å². The van der Waals surface area contributed by atoms with Crippen LogP contribution in [-0.4, -0.2) is 102 Å². The number of hydrogen-bond acceptors (Lipinski definition) is 12. The number of nitrogens with zero attached hydrogens (tertiary/aromatic N) is 3. The lowest BCUT2D eigenvalue weighted by Gasteiger charge is -2.35. The van der Waals surface area contributed by atoms with Gasteiger partial charge in [0.2, 0.25) is 11.8 Å². The number of nitrogens with one attached hydrogen (secondary N) is 3. The van der Waals surface area contributed by atoms with E-state index < -0.39 is 47.0 Å². The Labute approximate surface area is 337 Å². The highest BCUT2D eigenvalue weighted by Crippen LogP contribution is 2.52. The number of methoxy groups -OCH3 is 1. The van der Waals surface area contributed by atoms with Crippen LogP contribution in [0, 0.1) is 23.2 Å². The van der Waals surface area contributed by atoms with E-state index in [1.54, 1.807) is 13.2 Å². The maximum absolute atomic E-state index is 14.7. The number of aromatic nitrogens is 2. The highest BCUT2D eigenvalue weighted by Gasteiger charge is 2.56. The number of rotatable bonds is 16. The van der Waals surface area contributed by atoms with Crippen molar-refractivity contribution in [2.24, 2.45) is 23.2 Å². The van der Waals surface area contributed by atoms with Crippen LogP contribution in [0.4, 0.5) is 9.93 Å². The van der Waals surface area contributed by atoms with Gasteiger partial charge in [0.15, 0.2) is 5.13 Å². The van der Waals surface area contributed by atoms with Crippen molar-refractivity contribution in [3.05, 3.63) is 42.3 Å². The first kappa shape index (κ1) is 40.4. The Kier molecular flexibility index (Phi) is 11.5. The summed E-state index contributed by atoms with van der Waals surface area (Å²) in [5.41, 5.74) is 0.0271. The molecule has 8 atom stereocenters. The molecule has 4 fully saturated rings. The molecule has 2 aromatic heterocycles. The van der Waals surface area contributed by atoms with Gasteiger partial charge in [-0.05, 0) is 68.9 Å². The molecule has 1 saturated heterocycles. The average Bonchev–Trinajstić information content (AvgIpc) is 3.81. The molecule has 14 nitrogen and oxygen atoms in total. The number of likely N-dealkylation sites (tertiary alicyclic amines) is 1. The molecule has 0 bridgehead atoms. The number of aldehydes is 1. The topological polar surface area (TPSA) is 170 Å². The first-order chi connectivity index (χ1) is 27.2. The standard InChI is InChI=1S/C42H54N6O8S/c1-8-26-19-42(26,22-49)47-37(50)34-17-29(20-48(34)38(51)36(41(4,5)6)46-40(52)56-28-14-24-13-25(24)15-28)55-35-18-32(33-21-57-39(45-33)43-23(2)3)44-31-16-27(9-10-30(31)35)54-12-11-53-7/h8-10,16,18,21-26,28-29,34,36H,1,11-15,17,19-20H2,2-7H3,(H,43,45)(H,46,52)(H,47,50)/t24-,25+,26?,28+,29-,34?,36?,42+/m1/s1. The van der Waals surface area contributed by atoms with Crippen LogP contribution in [-0.2, 0) is 23.9 Å². The minimum Gasteiger partial charge on any atom is -0.491 e. The lowest BCUT2D eigenvalue weighted by Crippen LogP contribution is -2.59. The average molecular weight is 803 g/mol. The van der Waals surface area contributed by atoms with Crippen LogP contribution >= 0.6 is 11.3 Å². The molecule has 1 aromatic carbocycles. The van der Waals surface area contributed by atoms with Gasteiger partial charge in [-0.1, -0.05) is 26.8 Å². The first-order valence-electron chi connectivity index (χ1n) is 19.8. The minimum absolute atomic E-state index is 0.0434. The van der Waals surface area contributed by atoms with Crippen molar-refractivity contribution in [1.82, 2.24) is 25.5 Å². The zero-order valence-electron chi connectivity index (χ0n) is 33.5. The summed E-state index contributed by atoms with van der Waals surface area (Å²) in [6.07, 6.45) is 4.38. The van der Waals surface area contributed by atoms with E-state index in [2.05, 4.69) is 22.5 Å². The molecule has 4 aliphatic rings. The fourth-order valence-electron chi connectivity index (χ4n) is 8.09. The number of fused-ring (bicyclic) bond motifs is 2. The molecule has 3 amide bonds. The van der Waals surface area contributed by atoms with E-state index in [9.17, 15) is 19.2 Å². The molecule has 3 unspecified atom stereocenters. The Morgan fingerprint density at radius 1 is 1.05 bits per heavy atom. The Morgan fingerprint density at radius 3 is 2.49 bits per heavy atom. The Balaban J connectivity index is 1.18. The number of amides is 3. The summed E-state index contributed by atoms with van der Waals surface area (Å²) >= 11 is 1.47. The lowest BCUT2D eigenvalue weighted by atomic mass is 9.85. The van der Waals surface area contributed by atoms with Crippen molar-refractivity contribution < 1.29 is 38.1 Å². The number of anilines is 1. The zero-order valence-corrected chi connectivity index (χ0v) is 34.4. The molecule has 1 aliphatic heterocycles. The molecule has 3 aromatic rings. The largest absolute Gasteiger partial charge is 0.491 e. The summed E-state index contributed by atoms with van der Waals surface area (Å²) in [4.78, 5) is 65.5. The molecule has 7 rings (SSSR count). The Hall–Kier alpha value is -4.76. The van der Waals surface area contributed by atoms with E-state index >= 15 is 0 Å². The minimum atomic E-state index is -1.07. The van der Waals surface area contributed by atoms with Crippen LogP contribution in [0.1, 0.15) is 66.7 Å². The normalized spacial score (nSPS) is 26.7. The van der Waals surface area contributed by atoms with Crippen molar-refractivity contribution in [2.45, 2.75) is 103 Å². The van der Waals surface area contributed by atoms with E-state index in [1.165, 1.54) is 22.7 Å². The van der Waals surface area contributed by atoms with Crippen molar-refractivity contribution in [3.8, 4) is 22.9 Å². The van der Waals surface area contributed by atoms with E-state index in [1.807, 2.05) is 64.3 Å². The molecule has 15 heteroatoms. The Bertz CT molecular complexity index is 2000. The number of alkyl carbamates (subject to hydrolysis) is 1. The molecule has 57 heavy (non-hydrogen) atoms. The maximum Gasteiger partial charge on any atom is 0.408 e. The second kappa shape index (κ2) is 16.2. The van der Waals surface area contributed by atoms with Crippen molar-refractivity contribution in [3.63, 3.8) is 0 Å². The smallest absolute Gasteiger partial charge is 0.408 e. The van der Waals surface area contributed by atoms with Crippen molar-refractivity contribution in [2.75, 3.05) is 32.2 Å². The number of ether oxygens (including phenoxy) is 4. The van der Waals surface area contributed by atoms with Gasteiger partial charge < -0.3 is 44.6 Å². The second-order valence-electron chi connectivity index (χ2n) is 17.2. The number of benzene rings is 1. The summed E-state index contributed by atoms with van der Waals surface area (Å²) in [5, 5.41) is 12.5. The molecule has 3 N–H and O–H groups in total. The van der Waals surface area contributed by atoms with Gasteiger partial charge in [-0.3, -0.25) is 9.59 Å². The number of carbonyl (C=O) groups is 4. The van der Waals surface area contributed by atoms with E-state index in [0.717, 1.165) is 24.3 Å². The van der Waals surface area contributed by atoms with Gasteiger partial charge in [0.25, 0.3) is 0 Å². The van der Waals surface area contributed by atoms with E-state index in [-0.39, 0.29) is 31.0 Å². The highest BCUT2D eigenvalue weighted by atomic mass is 32.1. The number of pyridine rings is 1. The van der Waals surface area contributed by atoms with Crippen LogP contribution < -0.4 is 25.4 Å². The summed E-state index contributed by atoms with van der Waals surface area (Å²) in [7, 11) is 1.61. The third-order valence-corrected chi connectivity index (χ3v) is 12.2. The Morgan fingerprint density at radius 2 is 1.82 bits per heavy atom. The molecule has 0 spiro atoms. The molecular weight excluding hydrogens is 749 g/mol. The summed E-state index contributed by atoms with van der Waals surface area (Å²) in [5.74, 6) is 1.22. The van der Waals surface area contributed by atoms with Crippen LogP contribution in [0.3, 0.4) is 0 Å². The predicted octanol–water partition coefficient (Wildman–Crippen LogP) is 5.75. The summed E-state index contributed by atoms with van der Waals surface area (Å²) < 4.78 is 23.6. The molecule has 3 heterocycles. The van der Waals surface area contributed by atoms with E-state index in [4.69, 9.17) is 28.9 Å². The van der Waals surface area contributed by atoms with Gasteiger partial charge in [-0.2, -0.15) is 0 Å². The first-order valence-corrected chi connectivity index (χ1v) is 20.7. The quantitative estimate of drug-likeness (QED) is 0.0916. The van der Waals surface area contributed by atoms with Gasteiger partial charge in [-0.25, -0.2) is 14.8 Å². The highest BCUT2D eigenvalue weighted by molar-refractivity contribution is 7.14. The van der Waals surface area contributed by atoms with E-state index in [0.29, 0.717) is 65.3 Å². The van der Waals surface area contributed by atoms with Crippen LogP contribution in [0.25, 0.3) is 22.3 Å². The predicted molar refractivity (Wildman–Crippen MR) is 216 cm³/mol. The summed E-state index contributed by atoms with van der Waals surface area (Å²) in [6, 6.07) is 5.54. The van der Waals surface area contributed by atoms with Gasteiger partial charge >= 0.3 is 6.09 Å². The molecular formula is C42H54N6O8S. The molecule has 306 valence electrons. The monoisotopic (exact) mass is 802 g/mol. The third kappa shape index (κ3) is 9.04. The van der Waals surface area contributed by atoms with Crippen LogP contribution in [0.5, 0.6) is 11.5 Å². The fourth-order valence-corrected chi connectivity index (χ4v) is 8.94. The van der Waals surface area contributed by atoms with Gasteiger partial charge in [0, 0.05) is 48.4 Å². The fraction of sp³-hybridized carbons (Fsp3) is 0.571. The molecule has 3 saturated carbocycles.